The highest BCUT2D eigenvalue weighted by atomic mass is 16.1. The van der Waals surface area contributed by atoms with Crippen LogP contribution in [-0.2, 0) is 0 Å². The van der Waals surface area contributed by atoms with Crippen LogP contribution in [-0.4, -0.2) is 18.0 Å². The third-order valence-electron chi connectivity index (χ3n) is 4.06. The lowest BCUT2D eigenvalue weighted by Crippen LogP contribution is -2.37. The summed E-state index contributed by atoms with van der Waals surface area (Å²) in [6, 6.07) is 5.40. The Morgan fingerprint density at radius 2 is 1.75 bits per heavy atom. The van der Waals surface area contributed by atoms with Crippen LogP contribution in [0.5, 0.6) is 0 Å². The summed E-state index contributed by atoms with van der Waals surface area (Å²) in [5, 5.41) is 6.39. The van der Waals surface area contributed by atoms with Crippen LogP contribution >= 0.6 is 0 Å². The highest BCUT2D eigenvalue weighted by Crippen LogP contribution is 2.29. The smallest absolute Gasteiger partial charge is 0.253 e. The molecule has 0 saturated heterocycles. The first-order valence-electron chi connectivity index (χ1n) is 7.47. The van der Waals surface area contributed by atoms with Crippen LogP contribution in [0.4, 0.5) is 11.4 Å². The number of hydrogen-bond acceptors (Lipinski definition) is 3. The van der Waals surface area contributed by atoms with Crippen molar-refractivity contribution < 1.29 is 4.79 Å². The molecule has 0 aliphatic heterocycles. The summed E-state index contributed by atoms with van der Waals surface area (Å²) >= 11 is 0. The molecule has 0 aromatic heterocycles. The van der Waals surface area contributed by atoms with Crippen LogP contribution in [0, 0.1) is 0 Å². The molecule has 1 amide bonds. The Kier molecular flexibility index (Phi) is 5.86. The number of amides is 1. The second kappa shape index (κ2) is 7.17. The van der Waals surface area contributed by atoms with Crippen molar-refractivity contribution in [2.75, 3.05) is 17.6 Å². The van der Waals surface area contributed by atoms with Gasteiger partial charge in [0.2, 0.25) is 0 Å². The van der Waals surface area contributed by atoms with E-state index in [9.17, 15) is 4.79 Å². The molecule has 4 heteroatoms. The first-order valence-corrected chi connectivity index (χ1v) is 7.47. The number of carbonyl (C=O) groups excluding carboxylic acids is 1. The maximum absolute atomic E-state index is 12.1. The van der Waals surface area contributed by atoms with Crippen LogP contribution in [0.2, 0.25) is 0 Å². The Morgan fingerprint density at radius 1 is 1.15 bits per heavy atom. The van der Waals surface area contributed by atoms with E-state index in [0.717, 1.165) is 24.9 Å². The molecule has 20 heavy (non-hydrogen) atoms. The second-order valence-electron chi connectivity index (χ2n) is 5.13. The molecule has 0 heterocycles. The number of nitrogens with two attached hydrogens (primary N) is 1. The van der Waals surface area contributed by atoms with Gasteiger partial charge in [-0.1, -0.05) is 20.8 Å². The predicted molar refractivity (Wildman–Crippen MR) is 86.1 cm³/mol. The molecule has 0 fully saturated rings. The predicted octanol–water partition coefficient (Wildman–Crippen LogP) is 3.40. The number of benzene rings is 1. The largest absolute Gasteiger partial charge is 0.399 e. The van der Waals surface area contributed by atoms with E-state index in [1.54, 1.807) is 12.1 Å². The van der Waals surface area contributed by atoms with Crippen molar-refractivity contribution in [1.29, 1.82) is 0 Å². The first kappa shape index (κ1) is 16.3. The summed E-state index contributed by atoms with van der Waals surface area (Å²) in [4.78, 5) is 12.1. The lowest BCUT2D eigenvalue weighted by atomic mass is 9.89. The van der Waals surface area contributed by atoms with Crippen LogP contribution < -0.4 is 16.4 Å². The highest BCUT2D eigenvalue weighted by molar-refractivity contribution is 6.00. The Bertz CT molecular complexity index is 445. The van der Waals surface area contributed by atoms with Gasteiger partial charge in [-0.25, -0.2) is 0 Å². The van der Waals surface area contributed by atoms with Gasteiger partial charge < -0.3 is 16.4 Å². The summed E-state index contributed by atoms with van der Waals surface area (Å²) in [5.74, 6) is -0.0628. The quantitative estimate of drug-likeness (QED) is 0.669. The lowest BCUT2D eigenvalue weighted by Gasteiger charge is -2.34. The van der Waals surface area contributed by atoms with E-state index in [1.807, 2.05) is 13.0 Å². The molecule has 1 rings (SSSR count). The van der Waals surface area contributed by atoms with Gasteiger partial charge in [-0.05, 0) is 44.4 Å². The van der Waals surface area contributed by atoms with Gasteiger partial charge in [-0.15, -0.1) is 0 Å². The Balaban J connectivity index is 3.15. The fraction of sp³-hybridized carbons (Fsp3) is 0.562. The third kappa shape index (κ3) is 3.65. The minimum atomic E-state index is -0.0628. The molecule has 0 saturated carbocycles. The Morgan fingerprint density at radius 3 is 2.25 bits per heavy atom. The molecule has 0 bridgehead atoms. The zero-order valence-corrected chi connectivity index (χ0v) is 13.0. The maximum Gasteiger partial charge on any atom is 0.253 e. The molecule has 4 N–H and O–H groups in total. The van der Waals surface area contributed by atoms with E-state index in [0.29, 0.717) is 17.8 Å². The molecule has 112 valence electrons. The van der Waals surface area contributed by atoms with Crippen molar-refractivity contribution >= 4 is 17.3 Å². The average Bonchev–Trinajstić information content (AvgIpc) is 2.45. The van der Waals surface area contributed by atoms with E-state index in [-0.39, 0.29) is 11.4 Å². The fourth-order valence-corrected chi connectivity index (χ4v) is 2.42. The molecule has 0 aliphatic carbocycles. The summed E-state index contributed by atoms with van der Waals surface area (Å²) in [6.45, 7) is 9.02. The van der Waals surface area contributed by atoms with E-state index in [2.05, 4.69) is 31.4 Å². The minimum absolute atomic E-state index is 0.00897. The van der Waals surface area contributed by atoms with Crippen molar-refractivity contribution in [2.24, 2.45) is 0 Å². The normalized spacial score (nSPS) is 11.2. The summed E-state index contributed by atoms with van der Waals surface area (Å²) in [5.41, 5.74) is 8.02. The lowest BCUT2D eigenvalue weighted by molar-refractivity contribution is 0.0956. The van der Waals surface area contributed by atoms with E-state index < -0.39 is 0 Å². The van der Waals surface area contributed by atoms with Gasteiger partial charge in [-0.3, -0.25) is 4.79 Å². The van der Waals surface area contributed by atoms with Crippen LogP contribution in [0.1, 0.15) is 57.3 Å². The zero-order chi connectivity index (χ0) is 15.2. The van der Waals surface area contributed by atoms with Crippen molar-refractivity contribution in [3.63, 3.8) is 0 Å². The molecule has 0 atom stereocenters. The number of nitrogens with one attached hydrogen (secondary N) is 2. The van der Waals surface area contributed by atoms with Gasteiger partial charge in [0, 0.05) is 23.5 Å². The third-order valence-corrected chi connectivity index (χ3v) is 4.06. The SMILES string of the molecule is CCNC(=O)c1ccc(N)cc1NC(CC)(CC)CC. The van der Waals surface area contributed by atoms with E-state index in [1.165, 1.54) is 0 Å². The second-order valence-corrected chi connectivity index (χ2v) is 5.13. The molecule has 1 aromatic carbocycles. The molecule has 1 aromatic rings. The van der Waals surface area contributed by atoms with Crippen LogP contribution in [0.25, 0.3) is 0 Å². The Labute approximate surface area is 122 Å². The van der Waals surface area contributed by atoms with Gasteiger partial charge in [0.25, 0.3) is 5.91 Å². The fourth-order valence-electron chi connectivity index (χ4n) is 2.42. The van der Waals surface area contributed by atoms with Crippen molar-refractivity contribution in [3.8, 4) is 0 Å². The molecule has 0 unspecified atom stereocenters. The number of rotatable bonds is 7. The van der Waals surface area contributed by atoms with Crippen LogP contribution in [0.3, 0.4) is 0 Å². The Hall–Kier alpha value is -1.71. The highest BCUT2D eigenvalue weighted by Gasteiger charge is 2.25. The molecule has 0 spiro atoms. The van der Waals surface area contributed by atoms with E-state index in [4.69, 9.17) is 5.73 Å². The monoisotopic (exact) mass is 277 g/mol. The van der Waals surface area contributed by atoms with Crippen molar-refractivity contribution in [3.05, 3.63) is 23.8 Å². The molecule has 4 nitrogen and oxygen atoms in total. The number of hydrogen-bond donors (Lipinski definition) is 3. The van der Waals surface area contributed by atoms with Crippen LogP contribution in [0.15, 0.2) is 18.2 Å². The summed E-state index contributed by atoms with van der Waals surface area (Å²) < 4.78 is 0. The van der Waals surface area contributed by atoms with E-state index >= 15 is 0 Å². The summed E-state index contributed by atoms with van der Waals surface area (Å²) in [6.07, 6.45) is 3.01. The van der Waals surface area contributed by atoms with Crippen molar-refractivity contribution in [1.82, 2.24) is 5.32 Å². The molecular formula is C16H27N3O. The van der Waals surface area contributed by atoms with Gasteiger partial charge in [0.05, 0.1) is 5.56 Å². The average molecular weight is 277 g/mol. The topological polar surface area (TPSA) is 67.2 Å². The minimum Gasteiger partial charge on any atom is -0.399 e. The number of carbonyl (C=O) groups is 1. The van der Waals surface area contributed by atoms with Gasteiger partial charge in [-0.2, -0.15) is 0 Å². The van der Waals surface area contributed by atoms with Gasteiger partial charge >= 0.3 is 0 Å². The zero-order valence-electron chi connectivity index (χ0n) is 13.0. The molecule has 0 aliphatic rings. The van der Waals surface area contributed by atoms with Crippen molar-refractivity contribution in [2.45, 2.75) is 52.5 Å². The standard InChI is InChI=1S/C16H27N3O/c1-5-16(6-2,7-3)19-14-11-12(17)9-10-13(14)15(20)18-8-4/h9-11,19H,5-8,17H2,1-4H3,(H,18,20). The first-order chi connectivity index (χ1) is 9.51. The number of nitrogen functional groups attached to an aromatic ring is 1. The molecular weight excluding hydrogens is 250 g/mol. The van der Waals surface area contributed by atoms with Gasteiger partial charge in [0.15, 0.2) is 0 Å². The summed E-state index contributed by atoms with van der Waals surface area (Å²) in [7, 11) is 0. The maximum atomic E-state index is 12.1. The van der Waals surface area contributed by atoms with Gasteiger partial charge in [0.1, 0.15) is 0 Å². The molecule has 0 radical (unpaired) electrons. The number of anilines is 2.